The molecule has 1 aliphatic rings. The lowest BCUT2D eigenvalue weighted by Crippen LogP contribution is -2.49. The summed E-state index contributed by atoms with van der Waals surface area (Å²) < 4.78 is 0. The summed E-state index contributed by atoms with van der Waals surface area (Å²) in [7, 11) is 3.79. The van der Waals surface area contributed by atoms with E-state index in [1.807, 2.05) is 19.0 Å². The lowest BCUT2D eigenvalue weighted by Gasteiger charge is -2.33. The second-order valence-corrected chi connectivity index (χ2v) is 6.93. The van der Waals surface area contributed by atoms with Crippen LogP contribution in [0.3, 0.4) is 0 Å². The van der Waals surface area contributed by atoms with Crippen LogP contribution in [0.1, 0.15) is 27.2 Å². The molecule has 20 heavy (non-hydrogen) atoms. The van der Waals surface area contributed by atoms with Crippen LogP contribution in [0.4, 0.5) is 0 Å². The van der Waals surface area contributed by atoms with E-state index in [1.54, 1.807) is 20.8 Å². The van der Waals surface area contributed by atoms with Gasteiger partial charge in [0.2, 0.25) is 5.91 Å². The molecule has 1 amide bonds. The van der Waals surface area contributed by atoms with E-state index in [-0.39, 0.29) is 12.6 Å². The second kappa shape index (κ2) is 6.10. The summed E-state index contributed by atoms with van der Waals surface area (Å²) in [6.07, 6.45) is -0.0706. The third-order valence-corrected chi connectivity index (χ3v) is 3.61. The fraction of sp³-hybridized carbons (Fsp3) is 0.857. The molecule has 1 rings (SSSR count). The maximum absolute atomic E-state index is 12.6. The van der Waals surface area contributed by atoms with Gasteiger partial charge in [0.25, 0.3) is 0 Å². The van der Waals surface area contributed by atoms with Gasteiger partial charge in [0.05, 0.1) is 6.10 Å². The SMILES string of the molecule is CN(C)CC1CC(O)CN1C(=O)C(C(=O)O)C(C)(C)C. The van der Waals surface area contributed by atoms with Crippen molar-refractivity contribution < 1.29 is 19.8 Å². The number of rotatable bonds is 4. The molecular formula is C14H26N2O4. The molecule has 3 unspecified atom stereocenters. The maximum atomic E-state index is 12.6. The molecule has 1 aliphatic heterocycles. The number of aliphatic hydroxyl groups is 1. The van der Waals surface area contributed by atoms with E-state index >= 15 is 0 Å². The van der Waals surface area contributed by atoms with Crippen LogP contribution in [-0.4, -0.2) is 71.2 Å². The Labute approximate surface area is 120 Å². The fourth-order valence-electron chi connectivity index (χ4n) is 2.77. The standard InChI is InChI=1S/C14H26N2O4/c1-14(2,3)11(13(19)20)12(18)16-8-10(17)6-9(16)7-15(4)5/h9-11,17H,6-8H2,1-5H3,(H,19,20). The maximum Gasteiger partial charge on any atom is 0.316 e. The van der Waals surface area contributed by atoms with Crippen molar-refractivity contribution in [2.45, 2.75) is 39.3 Å². The van der Waals surface area contributed by atoms with Crippen molar-refractivity contribution in [3.05, 3.63) is 0 Å². The van der Waals surface area contributed by atoms with Crippen molar-refractivity contribution in [3.63, 3.8) is 0 Å². The third kappa shape index (κ3) is 3.93. The van der Waals surface area contributed by atoms with Crippen LogP contribution in [0.15, 0.2) is 0 Å². The third-order valence-electron chi connectivity index (χ3n) is 3.61. The topological polar surface area (TPSA) is 81.1 Å². The quantitative estimate of drug-likeness (QED) is 0.724. The Hall–Kier alpha value is -1.14. The van der Waals surface area contributed by atoms with Gasteiger partial charge in [-0.25, -0.2) is 0 Å². The summed E-state index contributed by atoms with van der Waals surface area (Å²) in [6.45, 7) is 6.09. The minimum Gasteiger partial charge on any atom is -0.481 e. The number of carbonyl (C=O) groups excluding carboxylic acids is 1. The molecule has 0 aromatic rings. The number of carboxylic acid groups (broad SMARTS) is 1. The van der Waals surface area contributed by atoms with Gasteiger partial charge >= 0.3 is 5.97 Å². The number of hydrogen-bond donors (Lipinski definition) is 2. The molecule has 3 atom stereocenters. The first-order chi connectivity index (χ1) is 9.04. The Morgan fingerprint density at radius 2 is 1.90 bits per heavy atom. The fourth-order valence-corrected chi connectivity index (χ4v) is 2.77. The molecule has 6 heteroatoms. The molecule has 0 bridgehead atoms. The number of hydrogen-bond acceptors (Lipinski definition) is 4. The highest BCUT2D eigenvalue weighted by atomic mass is 16.4. The van der Waals surface area contributed by atoms with Gasteiger partial charge in [-0.1, -0.05) is 20.8 Å². The van der Waals surface area contributed by atoms with E-state index in [1.165, 1.54) is 4.90 Å². The number of aliphatic hydroxyl groups excluding tert-OH is 1. The van der Waals surface area contributed by atoms with E-state index < -0.39 is 29.3 Å². The molecule has 2 N–H and O–H groups in total. The Kier molecular flexibility index (Phi) is 5.15. The number of β-amino-alcohol motifs (C(OH)–C–C–N with tert-alkyl or cyclic N) is 1. The van der Waals surface area contributed by atoms with E-state index in [0.717, 1.165) is 0 Å². The van der Waals surface area contributed by atoms with Crippen LogP contribution in [0.25, 0.3) is 0 Å². The smallest absolute Gasteiger partial charge is 0.316 e. The lowest BCUT2D eigenvalue weighted by atomic mass is 9.79. The van der Waals surface area contributed by atoms with Crippen LogP contribution < -0.4 is 0 Å². The molecule has 1 saturated heterocycles. The van der Waals surface area contributed by atoms with Crippen LogP contribution in [0.5, 0.6) is 0 Å². The predicted octanol–water partition coefficient (Wildman–Crippen LogP) is 0.257. The number of aliphatic carboxylic acids is 1. The van der Waals surface area contributed by atoms with Crippen molar-refractivity contribution in [1.29, 1.82) is 0 Å². The number of carbonyl (C=O) groups is 2. The summed E-state index contributed by atoms with van der Waals surface area (Å²) in [6, 6.07) is -0.128. The molecule has 6 nitrogen and oxygen atoms in total. The average Bonchev–Trinajstić information content (AvgIpc) is 2.55. The minimum absolute atomic E-state index is 0.128. The number of carboxylic acids is 1. The first-order valence-electron chi connectivity index (χ1n) is 6.90. The molecule has 0 aromatic heterocycles. The molecule has 0 radical (unpaired) electrons. The van der Waals surface area contributed by atoms with E-state index in [2.05, 4.69) is 0 Å². The summed E-state index contributed by atoms with van der Waals surface area (Å²) in [5.74, 6) is -2.58. The molecule has 1 fully saturated rings. The summed E-state index contributed by atoms with van der Waals surface area (Å²) >= 11 is 0. The molecule has 0 aromatic carbocycles. The van der Waals surface area contributed by atoms with E-state index in [9.17, 15) is 19.8 Å². The minimum atomic E-state index is -1.10. The molecule has 116 valence electrons. The van der Waals surface area contributed by atoms with Crippen molar-refractivity contribution in [2.75, 3.05) is 27.2 Å². The summed E-state index contributed by atoms with van der Waals surface area (Å²) in [4.78, 5) is 27.5. The normalized spacial score (nSPS) is 25.1. The molecular weight excluding hydrogens is 260 g/mol. The highest BCUT2D eigenvalue weighted by molar-refractivity contribution is 5.98. The van der Waals surface area contributed by atoms with Crippen LogP contribution in [0.2, 0.25) is 0 Å². The number of likely N-dealkylation sites (tertiary alicyclic amines) is 1. The zero-order valence-corrected chi connectivity index (χ0v) is 13.0. The van der Waals surface area contributed by atoms with Gasteiger partial charge in [0, 0.05) is 19.1 Å². The highest BCUT2D eigenvalue weighted by Crippen LogP contribution is 2.31. The second-order valence-electron chi connectivity index (χ2n) is 6.93. The lowest BCUT2D eigenvalue weighted by molar-refractivity contribution is -0.156. The number of nitrogens with zero attached hydrogens (tertiary/aromatic N) is 2. The zero-order chi connectivity index (χ0) is 15.7. The number of likely N-dealkylation sites (N-methyl/N-ethyl adjacent to an activating group) is 1. The number of amides is 1. The molecule has 0 aliphatic carbocycles. The molecule has 0 saturated carbocycles. The van der Waals surface area contributed by atoms with Gasteiger partial charge in [0.15, 0.2) is 0 Å². The molecule has 0 spiro atoms. The Morgan fingerprint density at radius 1 is 1.35 bits per heavy atom. The first kappa shape index (κ1) is 16.9. The van der Waals surface area contributed by atoms with Crippen LogP contribution in [-0.2, 0) is 9.59 Å². The van der Waals surface area contributed by atoms with Gasteiger partial charge in [-0.15, -0.1) is 0 Å². The van der Waals surface area contributed by atoms with E-state index in [0.29, 0.717) is 13.0 Å². The Bertz CT molecular complexity index is 376. The predicted molar refractivity (Wildman–Crippen MR) is 75.3 cm³/mol. The Balaban J connectivity index is 2.95. The van der Waals surface area contributed by atoms with E-state index in [4.69, 9.17) is 0 Å². The van der Waals surface area contributed by atoms with Gasteiger partial charge in [-0.05, 0) is 25.9 Å². The van der Waals surface area contributed by atoms with Crippen molar-refractivity contribution >= 4 is 11.9 Å². The highest BCUT2D eigenvalue weighted by Gasteiger charge is 2.44. The van der Waals surface area contributed by atoms with Gasteiger partial charge < -0.3 is 20.0 Å². The van der Waals surface area contributed by atoms with Crippen LogP contribution >= 0.6 is 0 Å². The van der Waals surface area contributed by atoms with Gasteiger partial charge in [-0.2, -0.15) is 0 Å². The molecule has 1 heterocycles. The Morgan fingerprint density at radius 3 is 2.30 bits per heavy atom. The summed E-state index contributed by atoms with van der Waals surface area (Å²) in [5.41, 5.74) is -0.654. The first-order valence-corrected chi connectivity index (χ1v) is 6.90. The monoisotopic (exact) mass is 286 g/mol. The van der Waals surface area contributed by atoms with Crippen molar-refractivity contribution in [3.8, 4) is 0 Å². The zero-order valence-electron chi connectivity index (χ0n) is 13.0. The van der Waals surface area contributed by atoms with Gasteiger partial charge in [0.1, 0.15) is 5.92 Å². The van der Waals surface area contributed by atoms with Crippen molar-refractivity contribution in [1.82, 2.24) is 9.80 Å². The average molecular weight is 286 g/mol. The van der Waals surface area contributed by atoms with Crippen LogP contribution in [0, 0.1) is 11.3 Å². The van der Waals surface area contributed by atoms with Gasteiger partial charge in [-0.3, -0.25) is 9.59 Å². The largest absolute Gasteiger partial charge is 0.481 e. The summed E-state index contributed by atoms with van der Waals surface area (Å²) in [5, 5.41) is 19.1. The van der Waals surface area contributed by atoms with Crippen molar-refractivity contribution in [2.24, 2.45) is 11.3 Å².